The number of hydrogen-bond acceptors (Lipinski definition) is 2. The molecule has 0 fully saturated rings. The van der Waals surface area contributed by atoms with Gasteiger partial charge in [0.1, 0.15) is 0 Å². The van der Waals surface area contributed by atoms with Gasteiger partial charge in [-0.25, -0.2) is 4.99 Å². The molecular formula is C3H6N2OSZn. The molecule has 2 N–H and O–H groups in total. The van der Waals surface area contributed by atoms with Gasteiger partial charge in [0.2, 0.25) is 0 Å². The first-order valence-corrected chi connectivity index (χ1v) is 3.46. The van der Waals surface area contributed by atoms with Crippen LogP contribution < -0.4 is 5.73 Å². The Morgan fingerprint density at radius 2 is 2.25 bits per heavy atom. The van der Waals surface area contributed by atoms with Crippen molar-refractivity contribution in [3.63, 3.8) is 0 Å². The molecule has 0 aliphatic carbocycles. The third-order valence-corrected chi connectivity index (χ3v) is 0.362. The summed E-state index contributed by atoms with van der Waals surface area (Å²) in [5.74, 6) is 0. The molecule has 0 heterocycles. The van der Waals surface area contributed by atoms with Crippen LogP contribution in [0.2, 0.25) is 0 Å². The Morgan fingerprint density at radius 3 is 2.25 bits per heavy atom. The summed E-state index contributed by atoms with van der Waals surface area (Å²) in [4.78, 5) is 3.51. The van der Waals surface area contributed by atoms with Crippen LogP contribution in [0.15, 0.2) is 4.99 Å². The summed E-state index contributed by atoms with van der Waals surface area (Å²) in [5.41, 5.74) is 4.94. The van der Waals surface area contributed by atoms with E-state index in [1.807, 2.05) is 0 Å². The van der Waals surface area contributed by atoms with Crippen LogP contribution in [-0.2, 0) is 21.8 Å². The molecule has 3 nitrogen and oxygen atoms in total. The van der Waals surface area contributed by atoms with E-state index in [2.05, 4.69) is 17.2 Å². The van der Waals surface area contributed by atoms with E-state index in [1.165, 1.54) is 0 Å². The van der Waals surface area contributed by atoms with Crippen molar-refractivity contribution in [2.45, 2.75) is 6.92 Å². The van der Waals surface area contributed by atoms with Crippen molar-refractivity contribution in [1.82, 2.24) is 0 Å². The average Bonchev–Trinajstić information content (AvgIpc) is 1.72. The fourth-order valence-corrected chi connectivity index (χ4v) is 0.233. The van der Waals surface area contributed by atoms with Crippen LogP contribution in [0.4, 0.5) is 0 Å². The molecule has 0 aromatic rings. The monoisotopic (exact) mass is 182 g/mol. The van der Waals surface area contributed by atoms with E-state index in [0.717, 1.165) is 0 Å². The minimum absolute atomic E-state index is 0.125. The van der Waals surface area contributed by atoms with Gasteiger partial charge in [-0.05, 0) is 19.1 Å². The van der Waals surface area contributed by atoms with E-state index < -0.39 is 0 Å². The molecule has 8 heavy (non-hydrogen) atoms. The van der Waals surface area contributed by atoms with E-state index in [9.17, 15) is 0 Å². The molecule has 0 unspecified atom stereocenters. The first-order chi connectivity index (χ1) is 3.77. The molecule has 0 saturated heterocycles. The molecule has 0 bridgehead atoms. The number of hydrogen-bond donors (Lipinski definition) is 1. The molecule has 0 aromatic heterocycles. The Hall–Kier alpha value is -0.0166. The van der Waals surface area contributed by atoms with E-state index in [4.69, 9.17) is 9.31 Å². The maximum atomic E-state index is 8.38. The van der Waals surface area contributed by atoms with Crippen LogP contribution in [0.25, 0.3) is 0 Å². The summed E-state index contributed by atoms with van der Waals surface area (Å²) >= 11 is 4.50. The number of rotatable bonds is 0. The quantitative estimate of drug-likeness (QED) is 0.332. The molecular weight excluding hydrogens is 178 g/mol. The van der Waals surface area contributed by atoms with Crippen molar-refractivity contribution >= 4 is 23.5 Å². The van der Waals surface area contributed by atoms with Gasteiger partial charge in [-0.1, -0.05) is 0 Å². The predicted octanol–water partition coefficient (Wildman–Crippen LogP) is 0.199. The van der Waals surface area contributed by atoms with Crippen molar-refractivity contribution in [2.75, 3.05) is 0 Å². The molecule has 0 amide bonds. The second kappa shape index (κ2) is 10.1. The third kappa shape index (κ3) is 16.7. The molecule has 5 heteroatoms. The Morgan fingerprint density at radius 1 is 1.88 bits per heavy atom. The molecule has 0 aliphatic heterocycles. The van der Waals surface area contributed by atoms with Crippen LogP contribution in [0, 0.1) is 0 Å². The van der Waals surface area contributed by atoms with Gasteiger partial charge in [0, 0.05) is 6.21 Å². The van der Waals surface area contributed by atoms with Crippen LogP contribution in [0.1, 0.15) is 6.92 Å². The second-order valence-corrected chi connectivity index (χ2v) is 1.14. The number of nitrogens with two attached hydrogens (primary N) is 1. The summed E-state index contributed by atoms with van der Waals surface area (Å²) in [6.45, 7) is 1.76. The summed E-state index contributed by atoms with van der Waals surface area (Å²) in [6, 6.07) is 0. The van der Waals surface area contributed by atoms with Gasteiger partial charge < -0.3 is 5.73 Å². The van der Waals surface area contributed by atoms with E-state index in [-0.39, 0.29) is 23.4 Å². The molecule has 0 aliphatic rings. The number of nitrogens with zero attached hydrogens (tertiary/aromatic N) is 1. The molecule has 0 radical (unpaired) electrons. The Labute approximate surface area is 63.3 Å². The number of thiocarbonyl (C=S) groups is 1. The Bertz CT molecular complexity index is 95.3. The van der Waals surface area contributed by atoms with Crippen molar-refractivity contribution < 1.29 is 21.8 Å². The fourth-order valence-electron chi connectivity index (χ4n) is 0.127. The van der Waals surface area contributed by atoms with Gasteiger partial charge in [-0.15, -0.1) is 0 Å². The summed E-state index contributed by atoms with van der Waals surface area (Å²) in [7, 11) is 0. The van der Waals surface area contributed by atoms with Crippen LogP contribution in [0.5, 0.6) is 0 Å². The SMILES string of the molecule is C/C=N/C(N)=S.[O]=[Zn]. The van der Waals surface area contributed by atoms with E-state index in [1.54, 1.807) is 13.1 Å². The second-order valence-electron chi connectivity index (χ2n) is 0.726. The van der Waals surface area contributed by atoms with E-state index in [0.29, 0.717) is 0 Å². The fraction of sp³-hybridized carbons (Fsp3) is 0.333. The molecule has 0 aromatic carbocycles. The number of aliphatic imine (C=N–C) groups is 1. The zero-order valence-electron chi connectivity index (χ0n) is 4.63. The maximum absolute atomic E-state index is 8.38. The van der Waals surface area contributed by atoms with Gasteiger partial charge in [0.15, 0.2) is 5.11 Å². The normalized spacial score (nSPS) is 7.88. The first-order valence-electron chi connectivity index (χ1n) is 1.84. The molecule has 0 atom stereocenters. The van der Waals surface area contributed by atoms with Crippen LogP contribution >= 0.6 is 12.2 Å². The van der Waals surface area contributed by atoms with Crippen LogP contribution in [0.3, 0.4) is 0 Å². The topological polar surface area (TPSA) is 55.4 Å². The van der Waals surface area contributed by atoms with E-state index >= 15 is 0 Å². The van der Waals surface area contributed by atoms with Crippen molar-refractivity contribution in [2.24, 2.45) is 10.7 Å². The standard InChI is InChI=1S/C3H6N2S.O.Zn/c1-2-5-3(4)6;;/h2H,1H3,(H2,4,6);;/b5-2+;;. The van der Waals surface area contributed by atoms with Gasteiger partial charge in [-0.2, -0.15) is 0 Å². The third-order valence-electron chi connectivity index (χ3n) is 0.256. The van der Waals surface area contributed by atoms with Crippen molar-refractivity contribution in [1.29, 1.82) is 0 Å². The van der Waals surface area contributed by atoms with Gasteiger partial charge >= 0.3 is 21.8 Å². The van der Waals surface area contributed by atoms with Gasteiger partial charge in [-0.3, -0.25) is 0 Å². The summed E-state index contributed by atoms with van der Waals surface area (Å²) in [6.07, 6.45) is 1.56. The van der Waals surface area contributed by atoms with Crippen molar-refractivity contribution in [3.8, 4) is 0 Å². The first kappa shape index (κ1) is 10.9. The summed E-state index contributed by atoms with van der Waals surface area (Å²) in [5, 5.41) is 0.192. The average molecular weight is 184 g/mol. The zero-order chi connectivity index (χ0) is 6.99. The van der Waals surface area contributed by atoms with Gasteiger partial charge in [0.25, 0.3) is 0 Å². The Kier molecular flexibility index (Phi) is 13.7. The van der Waals surface area contributed by atoms with Crippen LogP contribution in [-0.4, -0.2) is 11.3 Å². The molecule has 0 saturated carbocycles. The molecule has 0 spiro atoms. The zero-order valence-corrected chi connectivity index (χ0v) is 8.41. The molecule has 42 valence electrons. The Balaban J connectivity index is 0. The predicted molar refractivity (Wildman–Crippen MR) is 31.6 cm³/mol. The summed E-state index contributed by atoms with van der Waals surface area (Å²) < 4.78 is 8.38. The van der Waals surface area contributed by atoms with Gasteiger partial charge in [0.05, 0.1) is 0 Å². The molecule has 0 rings (SSSR count). The minimum atomic E-state index is 0.125. The van der Waals surface area contributed by atoms with Crippen molar-refractivity contribution in [3.05, 3.63) is 0 Å².